The molecule has 3 heterocycles. The van der Waals surface area contributed by atoms with E-state index in [9.17, 15) is 8.78 Å². The van der Waals surface area contributed by atoms with E-state index in [1.54, 1.807) is 18.5 Å². The first-order valence-electron chi connectivity index (χ1n) is 7.89. The van der Waals surface area contributed by atoms with Crippen molar-refractivity contribution >= 4 is 11.5 Å². The molecular formula is C17H17F2N5. The van der Waals surface area contributed by atoms with E-state index >= 15 is 0 Å². The lowest BCUT2D eigenvalue weighted by Crippen LogP contribution is -2.46. The molecule has 1 aromatic carbocycles. The number of benzene rings is 1. The molecule has 0 unspecified atom stereocenters. The minimum Gasteiger partial charge on any atom is -0.351 e. The lowest BCUT2D eigenvalue weighted by Gasteiger charge is -2.35. The molecule has 1 saturated heterocycles. The van der Waals surface area contributed by atoms with Gasteiger partial charge in [-0.1, -0.05) is 6.07 Å². The van der Waals surface area contributed by atoms with Gasteiger partial charge >= 0.3 is 0 Å². The third-order valence-corrected chi connectivity index (χ3v) is 4.35. The van der Waals surface area contributed by atoms with Gasteiger partial charge in [0.25, 0.3) is 0 Å². The molecule has 7 heteroatoms. The van der Waals surface area contributed by atoms with Crippen LogP contribution in [0, 0.1) is 11.6 Å². The second-order valence-corrected chi connectivity index (χ2v) is 5.92. The van der Waals surface area contributed by atoms with Crippen molar-refractivity contribution in [3.63, 3.8) is 0 Å². The van der Waals surface area contributed by atoms with Gasteiger partial charge < -0.3 is 9.30 Å². The Hall–Kier alpha value is -2.54. The lowest BCUT2D eigenvalue weighted by molar-refractivity contribution is 0.249. The quantitative estimate of drug-likeness (QED) is 0.739. The third-order valence-electron chi connectivity index (χ3n) is 4.35. The Bertz CT molecular complexity index is 855. The van der Waals surface area contributed by atoms with E-state index < -0.39 is 11.6 Å². The van der Waals surface area contributed by atoms with Crippen LogP contribution in [0.5, 0.6) is 0 Å². The van der Waals surface area contributed by atoms with Crippen LogP contribution < -0.4 is 4.90 Å². The van der Waals surface area contributed by atoms with Crippen molar-refractivity contribution in [1.82, 2.24) is 19.3 Å². The number of anilines is 1. The molecule has 1 aliphatic rings. The van der Waals surface area contributed by atoms with Crippen molar-refractivity contribution in [2.24, 2.45) is 0 Å². The van der Waals surface area contributed by atoms with Crippen LogP contribution in [0.25, 0.3) is 5.65 Å². The summed E-state index contributed by atoms with van der Waals surface area (Å²) in [6, 6.07) is 4.09. The summed E-state index contributed by atoms with van der Waals surface area (Å²) in [5.74, 6) is -0.710. The molecule has 124 valence electrons. The predicted octanol–water partition coefficient (Wildman–Crippen LogP) is 2.33. The fourth-order valence-corrected chi connectivity index (χ4v) is 3.08. The summed E-state index contributed by atoms with van der Waals surface area (Å²) in [4.78, 5) is 13.3. The monoisotopic (exact) mass is 329 g/mol. The SMILES string of the molecule is Fc1ccc(CN2CCN(c3nccn4ccnc34)CC2)cc1F. The highest BCUT2D eigenvalue weighted by atomic mass is 19.2. The zero-order valence-corrected chi connectivity index (χ0v) is 13.1. The van der Waals surface area contributed by atoms with E-state index in [-0.39, 0.29) is 0 Å². The average Bonchev–Trinajstić information content (AvgIpc) is 3.08. The number of nitrogens with zero attached hydrogens (tertiary/aromatic N) is 5. The Morgan fingerprint density at radius 3 is 2.42 bits per heavy atom. The Morgan fingerprint density at radius 2 is 1.67 bits per heavy atom. The average molecular weight is 329 g/mol. The number of imidazole rings is 1. The summed E-state index contributed by atoms with van der Waals surface area (Å²) in [7, 11) is 0. The number of rotatable bonds is 3. The summed E-state index contributed by atoms with van der Waals surface area (Å²) in [5, 5.41) is 0. The fourth-order valence-electron chi connectivity index (χ4n) is 3.08. The van der Waals surface area contributed by atoms with Crippen LogP contribution in [0.2, 0.25) is 0 Å². The van der Waals surface area contributed by atoms with Crippen molar-refractivity contribution in [2.45, 2.75) is 6.54 Å². The summed E-state index contributed by atoms with van der Waals surface area (Å²) in [6.07, 6.45) is 7.32. The van der Waals surface area contributed by atoms with E-state index in [4.69, 9.17) is 0 Å². The van der Waals surface area contributed by atoms with Gasteiger partial charge in [0.05, 0.1) is 0 Å². The number of fused-ring (bicyclic) bond motifs is 1. The first kappa shape index (κ1) is 15.0. The Morgan fingerprint density at radius 1 is 0.917 bits per heavy atom. The second kappa shape index (κ2) is 6.16. The van der Waals surface area contributed by atoms with Gasteiger partial charge in [0.1, 0.15) is 0 Å². The number of aromatic nitrogens is 3. The minimum absolute atomic E-state index is 0.617. The van der Waals surface area contributed by atoms with Crippen molar-refractivity contribution in [2.75, 3.05) is 31.1 Å². The maximum absolute atomic E-state index is 13.3. The van der Waals surface area contributed by atoms with Gasteiger partial charge in [0.15, 0.2) is 23.1 Å². The molecule has 0 amide bonds. The molecule has 0 aliphatic carbocycles. The molecule has 0 spiro atoms. The van der Waals surface area contributed by atoms with Gasteiger partial charge in [0, 0.05) is 57.5 Å². The second-order valence-electron chi connectivity index (χ2n) is 5.92. The highest BCUT2D eigenvalue weighted by Gasteiger charge is 2.20. The van der Waals surface area contributed by atoms with Gasteiger partial charge in [-0.2, -0.15) is 0 Å². The number of halogens is 2. The van der Waals surface area contributed by atoms with Crippen LogP contribution >= 0.6 is 0 Å². The molecule has 1 fully saturated rings. The summed E-state index contributed by atoms with van der Waals surface area (Å²) >= 11 is 0. The third kappa shape index (κ3) is 2.82. The zero-order valence-electron chi connectivity index (χ0n) is 13.1. The molecule has 2 aromatic heterocycles. The summed E-state index contributed by atoms with van der Waals surface area (Å²) < 4.78 is 28.3. The lowest BCUT2D eigenvalue weighted by atomic mass is 10.2. The Kier molecular flexibility index (Phi) is 3.86. The number of hydrogen-bond acceptors (Lipinski definition) is 4. The maximum atomic E-state index is 13.3. The smallest absolute Gasteiger partial charge is 0.180 e. The van der Waals surface area contributed by atoms with Gasteiger partial charge in [-0.3, -0.25) is 4.90 Å². The number of piperazine rings is 1. The summed E-state index contributed by atoms with van der Waals surface area (Å²) in [6.45, 7) is 3.93. The first-order valence-corrected chi connectivity index (χ1v) is 7.89. The predicted molar refractivity (Wildman–Crippen MR) is 86.8 cm³/mol. The topological polar surface area (TPSA) is 36.7 Å². The Balaban J connectivity index is 1.43. The van der Waals surface area contributed by atoms with Crippen molar-refractivity contribution in [3.8, 4) is 0 Å². The van der Waals surface area contributed by atoms with E-state index in [0.717, 1.165) is 43.2 Å². The highest BCUT2D eigenvalue weighted by Crippen LogP contribution is 2.19. The van der Waals surface area contributed by atoms with Crippen molar-refractivity contribution in [1.29, 1.82) is 0 Å². The molecule has 4 rings (SSSR count). The van der Waals surface area contributed by atoms with E-state index in [1.807, 2.05) is 16.8 Å². The molecule has 24 heavy (non-hydrogen) atoms. The maximum Gasteiger partial charge on any atom is 0.180 e. The molecule has 3 aromatic rings. The van der Waals surface area contributed by atoms with Crippen LogP contribution in [0.4, 0.5) is 14.6 Å². The van der Waals surface area contributed by atoms with Crippen LogP contribution in [-0.2, 0) is 6.54 Å². The standard InChI is InChI=1S/C17H17F2N5/c18-14-2-1-13(11-15(14)19)12-22-7-9-24(10-8-22)17-16-20-3-5-23(16)6-4-21-17/h1-6,11H,7-10,12H2. The van der Waals surface area contributed by atoms with Crippen LogP contribution in [0.1, 0.15) is 5.56 Å². The molecule has 0 atom stereocenters. The molecule has 0 saturated carbocycles. The molecule has 0 bridgehead atoms. The van der Waals surface area contributed by atoms with Gasteiger partial charge in [0.2, 0.25) is 0 Å². The van der Waals surface area contributed by atoms with E-state index in [2.05, 4.69) is 19.8 Å². The molecule has 5 nitrogen and oxygen atoms in total. The van der Waals surface area contributed by atoms with Gasteiger partial charge in [-0.05, 0) is 17.7 Å². The normalized spacial score (nSPS) is 16.0. The van der Waals surface area contributed by atoms with Gasteiger partial charge in [-0.25, -0.2) is 18.7 Å². The van der Waals surface area contributed by atoms with E-state index in [0.29, 0.717) is 6.54 Å². The van der Waals surface area contributed by atoms with E-state index in [1.165, 1.54) is 12.1 Å². The number of hydrogen-bond donors (Lipinski definition) is 0. The van der Waals surface area contributed by atoms with Crippen molar-refractivity contribution in [3.05, 3.63) is 60.2 Å². The molecule has 0 N–H and O–H groups in total. The van der Waals surface area contributed by atoms with Crippen LogP contribution in [-0.4, -0.2) is 45.4 Å². The minimum atomic E-state index is -0.803. The highest BCUT2D eigenvalue weighted by molar-refractivity contribution is 5.64. The van der Waals surface area contributed by atoms with Crippen LogP contribution in [0.3, 0.4) is 0 Å². The van der Waals surface area contributed by atoms with Crippen molar-refractivity contribution < 1.29 is 8.78 Å². The summed E-state index contributed by atoms with van der Waals surface area (Å²) in [5.41, 5.74) is 1.64. The first-order chi connectivity index (χ1) is 11.7. The molecule has 0 radical (unpaired) electrons. The van der Waals surface area contributed by atoms with Gasteiger partial charge in [-0.15, -0.1) is 0 Å². The Labute approximate surface area is 138 Å². The largest absolute Gasteiger partial charge is 0.351 e. The molecule has 1 aliphatic heterocycles. The fraction of sp³-hybridized carbons (Fsp3) is 0.294. The zero-order chi connectivity index (χ0) is 16.5. The van der Waals surface area contributed by atoms with Crippen LogP contribution in [0.15, 0.2) is 43.0 Å². The molecular weight excluding hydrogens is 312 g/mol.